The van der Waals surface area contributed by atoms with Gasteiger partial charge < -0.3 is 5.32 Å². The fourth-order valence-corrected chi connectivity index (χ4v) is 2.86. The topological polar surface area (TPSA) is 29.1 Å². The molecule has 0 heterocycles. The van der Waals surface area contributed by atoms with E-state index >= 15 is 0 Å². The molecule has 0 amide bonds. The Morgan fingerprint density at radius 1 is 1.35 bits per heavy atom. The molecule has 96 valence electrons. The minimum Gasteiger partial charge on any atom is -0.313 e. The van der Waals surface area contributed by atoms with E-state index in [4.69, 9.17) is 0 Å². The highest BCUT2D eigenvalue weighted by molar-refractivity contribution is 7.85. The summed E-state index contributed by atoms with van der Waals surface area (Å²) < 4.78 is 38.6. The number of nitrogens with one attached hydrogen (secondary N) is 1. The minimum absolute atomic E-state index is 0.0245. The smallest absolute Gasteiger partial charge is 0.139 e. The number of hydrogen-bond acceptors (Lipinski definition) is 2. The zero-order chi connectivity index (χ0) is 13.0. The Balaban J connectivity index is 2.92. The van der Waals surface area contributed by atoms with Crippen LogP contribution >= 0.6 is 0 Å². The first kappa shape index (κ1) is 14.3. The van der Waals surface area contributed by atoms with Crippen molar-refractivity contribution in [3.63, 3.8) is 0 Å². The first-order valence-corrected chi connectivity index (χ1v) is 6.77. The van der Waals surface area contributed by atoms with Gasteiger partial charge in [0.05, 0.1) is 20.9 Å². The van der Waals surface area contributed by atoms with E-state index in [1.807, 2.05) is 13.8 Å². The van der Waals surface area contributed by atoms with Gasteiger partial charge in [-0.1, -0.05) is 6.92 Å². The van der Waals surface area contributed by atoms with Crippen LogP contribution in [0, 0.1) is 11.6 Å². The third-order valence-electron chi connectivity index (χ3n) is 2.68. The standard InChI is InChI=1S/C12H17F2NOS/c1-4-15-8(2)9(3)17(16)12-7-10(13)5-6-11(12)14/h5-9,15H,4H2,1-3H3. The van der Waals surface area contributed by atoms with E-state index in [0.717, 1.165) is 24.7 Å². The molecule has 1 aromatic rings. The van der Waals surface area contributed by atoms with Crippen LogP contribution in [0.3, 0.4) is 0 Å². The molecule has 17 heavy (non-hydrogen) atoms. The Labute approximate surface area is 103 Å². The van der Waals surface area contributed by atoms with Gasteiger partial charge in [-0.15, -0.1) is 0 Å². The first-order chi connectivity index (χ1) is 7.97. The van der Waals surface area contributed by atoms with Crippen molar-refractivity contribution in [3.8, 4) is 0 Å². The molecule has 0 bridgehead atoms. The van der Waals surface area contributed by atoms with Crippen LogP contribution < -0.4 is 5.32 Å². The molecule has 0 saturated heterocycles. The Morgan fingerprint density at radius 2 is 2.00 bits per heavy atom. The van der Waals surface area contributed by atoms with Crippen molar-refractivity contribution in [2.24, 2.45) is 0 Å². The summed E-state index contributed by atoms with van der Waals surface area (Å²) in [7, 11) is -1.56. The van der Waals surface area contributed by atoms with Gasteiger partial charge in [0.1, 0.15) is 11.6 Å². The Hall–Kier alpha value is -0.810. The Morgan fingerprint density at radius 3 is 2.59 bits per heavy atom. The Kier molecular flexibility index (Phi) is 5.21. The lowest BCUT2D eigenvalue weighted by Gasteiger charge is -2.20. The van der Waals surface area contributed by atoms with Crippen LogP contribution in [0.1, 0.15) is 20.8 Å². The molecule has 0 aliphatic carbocycles. The highest BCUT2D eigenvalue weighted by atomic mass is 32.2. The van der Waals surface area contributed by atoms with Crippen molar-refractivity contribution in [2.45, 2.75) is 37.0 Å². The molecule has 0 spiro atoms. The minimum atomic E-state index is -1.56. The maximum atomic E-state index is 13.4. The fraction of sp³-hybridized carbons (Fsp3) is 0.500. The lowest BCUT2D eigenvalue weighted by Crippen LogP contribution is -2.38. The predicted octanol–water partition coefficient (Wildman–Crippen LogP) is 2.46. The average molecular weight is 261 g/mol. The van der Waals surface area contributed by atoms with E-state index in [2.05, 4.69) is 5.32 Å². The second-order valence-corrected chi connectivity index (χ2v) is 5.70. The number of benzene rings is 1. The van der Waals surface area contributed by atoms with Gasteiger partial charge in [-0.3, -0.25) is 4.21 Å². The van der Waals surface area contributed by atoms with Gasteiger partial charge in [-0.05, 0) is 38.6 Å². The molecule has 5 heteroatoms. The number of rotatable bonds is 5. The van der Waals surface area contributed by atoms with E-state index in [0.29, 0.717) is 0 Å². The SMILES string of the molecule is CCNC(C)C(C)S(=O)c1cc(F)ccc1F. The second-order valence-electron chi connectivity index (χ2n) is 3.92. The zero-order valence-corrected chi connectivity index (χ0v) is 11.0. The lowest BCUT2D eigenvalue weighted by molar-refractivity contribution is 0.541. The molecule has 3 atom stereocenters. The highest BCUT2D eigenvalue weighted by Gasteiger charge is 2.22. The molecule has 1 rings (SSSR count). The summed E-state index contributed by atoms with van der Waals surface area (Å²) in [6.07, 6.45) is 0. The quantitative estimate of drug-likeness (QED) is 0.882. The first-order valence-electron chi connectivity index (χ1n) is 5.56. The van der Waals surface area contributed by atoms with Crippen LogP contribution in [0.5, 0.6) is 0 Å². The molecule has 0 radical (unpaired) electrons. The van der Waals surface area contributed by atoms with E-state index in [9.17, 15) is 13.0 Å². The van der Waals surface area contributed by atoms with Crippen LogP contribution in [0.2, 0.25) is 0 Å². The van der Waals surface area contributed by atoms with Gasteiger partial charge in [0.15, 0.2) is 0 Å². The predicted molar refractivity (Wildman–Crippen MR) is 65.4 cm³/mol. The molecular formula is C12H17F2NOS. The van der Waals surface area contributed by atoms with E-state index in [-0.39, 0.29) is 16.2 Å². The second kappa shape index (κ2) is 6.21. The Bertz CT molecular complexity index is 411. The normalized spacial score (nSPS) is 16.5. The van der Waals surface area contributed by atoms with Crippen molar-refractivity contribution in [1.29, 1.82) is 0 Å². The lowest BCUT2D eigenvalue weighted by atomic mass is 10.2. The van der Waals surface area contributed by atoms with Crippen LogP contribution in [0.15, 0.2) is 23.1 Å². The molecule has 0 fully saturated rings. The molecule has 0 aliphatic heterocycles. The van der Waals surface area contributed by atoms with Gasteiger partial charge in [0.2, 0.25) is 0 Å². The fourth-order valence-electron chi connectivity index (χ4n) is 1.50. The van der Waals surface area contributed by atoms with Crippen LogP contribution in [0.25, 0.3) is 0 Å². The molecule has 0 aromatic heterocycles. The number of halogens is 2. The van der Waals surface area contributed by atoms with Crippen molar-refractivity contribution >= 4 is 10.8 Å². The van der Waals surface area contributed by atoms with Gasteiger partial charge in [0.25, 0.3) is 0 Å². The van der Waals surface area contributed by atoms with Gasteiger partial charge in [0, 0.05) is 6.04 Å². The summed E-state index contributed by atoms with van der Waals surface area (Å²) in [5, 5.41) is 2.83. The zero-order valence-electron chi connectivity index (χ0n) is 10.2. The molecule has 1 N–H and O–H groups in total. The summed E-state index contributed by atoms with van der Waals surface area (Å²) in [5.74, 6) is -1.20. The molecule has 2 nitrogen and oxygen atoms in total. The molecule has 0 aliphatic rings. The van der Waals surface area contributed by atoms with Gasteiger partial charge in [-0.25, -0.2) is 8.78 Å². The summed E-state index contributed by atoms with van der Waals surface area (Å²) in [5.41, 5.74) is 0. The molecule has 0 saturated carbocycles. The van der Waals surface area contributed by atoms with Crippen molar-refractivity contribution in [1.82, 2.24) is 5.32 Å². The summed E-state index contributed by atoms with van der Waals surface area (Å²) in [6, 6.07) is 3.01. The van der Waals surface area contributed by atoms with E-state index in [1.54, 1.807) is 6.92 Å². The van der Waals surface area contributed by atoms with Crippen molar-refractivity contribution < 1.29 is 13.0 Å². The molecular weight excluding hydrogens is 244 g/mol. The average Bonchev–Trinajstić information content (AvgIpc) is 2.30. The van der Waals surface area contributed by atoms with Crippen LogP contribution in [0.4, 0.5) is 8.78 Å². The monoisotopic (exact) mass is 261 g/mol. The molecule has 3 unspecified atom stereocenters. The summed E-state index contributed by atoms with van der Waals surface area (Å²) in [4.78, 5) is -0.0674. The van der Waals surface area contributed by atoms with E-state index in [1.165, 1.54) is 0 Å². The number of hydrogen-bond donors (Lipinski definition) is 1. The third-order valence-corrected chi connectivity index (χ3v) is 4.51. The maximum Gasteiger partial charge on any atom is 0.139 e. The van der Waals surface area contributed by atoms with Crippen LogP contribution in [-0.4, -0.2) is 22.0 Å². The third kappa shape index (κ3) is 3.57. The van der Waals surface area contributed by atoms with Crippen LogP contribution in [-0.2, 0) is 10.8 Å². The molecule has 1 aromatic carbocycles. The highest BCUT2D eigenvalue weighted by Crippen LogP contribution is 2.18. The largest absolute Gasteiger partial charge is 0.313 e. The van der Waals surface area contributed by atoms with Crippen molar-refractivity contribution in [2.75, 3.05) is 6.54 Å². The summed E-state index contributed by atoms with van der Waals surface area (Å²) >= 11 is 0. The van der Waals surface area contributed by atoms with E-state index < -0.39 is 22.4 Å². The maximum absolute atomic E-state index is 13.4. The summed E-state index contributed by atoms with van der Waals surface area (Å²) in [6.45, 7) is 6.32. The van der Waals surface area contributed by atoms with Crippen molar-refractivity contribution in [3.05, 3.63) is 29.8 Å². The van der Waals surface area contributed by atoms with Gasteiger partial charge >= 0.3 is 0 Å². The van der Waals surface area contributed by atoms with Gasteiger partial charge in [-0.2, -0.15) is 0 Å².